The number of ether oxygens (including phenoxy) is 1. The smallest absolute Gasteiger partial charge is 0.263 e. The van der Waals surface area contributed by atoms with Crippen molar-refractivity contribution in [1.82, 2.24) is 15.3 Å². The maximum atomic E-state index is 12.8. The van der Waals surface area contributed by atoms with E-state index in [1.807, 2.05) is 55.5 Å². The van der Waals surface area contributed by atoms with Gasteiger partial charge in [0.2, 0.25) is 5.91 Å². The fraction of sp³-hybridized carbons (Fsp3) is 0.292. The Balaban J connectivity index is 1.42. The molecule has 1 fully saturated rings. The minimum Gasteiger partial charge on any atom is -0.436 e. The summed E-state index contributed by atoms with van der Waals surface area (Å²) in [5, 5.41) is 3.07. The summed E-state index contributed by atoms with van der Waals surface area (Å²) in [4.78, 5) is 23.8. The van der Waals surface area contributed by atoms with E-state index in [1.165, 1.54) is 5.56 Å². The SMILES string of the molecule is Cc1ccc(Oc2nccnc2N2CCCC(C(=O)NCc3cccc(Br)c3)C2)cc1. The van der Waals surface area contributed by atoms with Crippen molar-refractivity contribution >= 4 is 27.7 Å². The van der Waals surface area contributed by atoms with E-state index in [9.17, 15) is 4.79 Å². The summed E-state index contributed by atoms with van der Waals surface area (Å²) in [6.07, 6.45) is 5.05. The Morgan fingerprint density at radius 2 is 2.00 bits per heavy atom. The van der Waals surface area contributed by atoms with E-state index in [0.29, 0.717) is 30.5 Å². The lowest BCUT2D eigenvalue weighted by molar-refractivity contribution is -0.125. The number of anilines is 1. The number of rotatable bonds is 6. The predicted octanol–water partition coefficient (Wildman–Crippen LogP) is 4.87. The lowest BCUT2D eigenvalue weighted by Crippen LogP contribution is -2.43. The van der Waals surface area contributed by atoms with Gasteiger partial charge in [-0.2, -0.15) is 0 Å². The molecule has 1 aliphatic heterocycles. The molecule has 4 rings (SSSR count). The number of aryl methyl sites for hydroxylation is 1. The highest BCUT2D eigenvalue weighted by Gasteiger charge is 2.28. The fourth-order valence-electron chi connectivity index (χ4n) is 3.69. The Kier molecular flexibility index (Phi) is 6.82. The molecule has 2 aromatic carbocycles. The van der Waals surface area contributed by atoms with E-state index in [0.717, 1.165) is 29.4 Å². The highest BCUT2D eigenvalue weighted by atomic mass is 79.9. The summed E-state index contributed by atoms with van der Waals surface area (Å²) < 4.78 is 7.02. The topological polar surface area (TPSA) is 67.4 Å². The second-order valence-electron chi connectivity index (χ2n) is 7.73. The molecule has 1 aliphatic rings. The molecule has 6 nitrogen and oxygen atoms in total. The molecule has 1 atom stereocenters. The predicted molar refractivity (Wildman–Crippen MR) is 124 cm³/mol. The van der Waals surface area contributed by atoms with Gasteiger partial charge in [-0.05, 0) is 49.6 Å². The quantitative estimate of drug-likeness (QED) is 0.544. The molecule has 3 aromatic rings. The summed E-state index contributed by atoms with van der Waals surface area (Å²) in [5.74, 6) is 1.81. The third-order valence-electron chi connectivity index (χ3n) is 5.33. The van der Waals surface area contributed by atoms with Crippen molar-refractivity contribution in [1.29, 1.82) is 0 Å². The van der Waals surface area contributed by atoms with Crippen LogP contribution in [-0.2, 0) is 11.3 Å². The number of amides is 1. The lowest BCUT2D eigenvalue weighted by Gasteiger charge is -2.33. The molecule has 1 unspecified atom stereocenters. The van der Waals surface area contributed by atoms with Crippen molar-refractivity contribution in [3.05, 3.63) is 76.5 Å². The first-order chi connectivity index (χ1) is 15.1. The van der Waals surface area contributed by atoms with Crippen molar-refractivity contribution in [2.24, 2.45) is 5.92 Å². The Morgan fingerprint density at radius 1 is 1.19 bits per heavy atom. The van der Waals surface area contributed by atoms with Gasteiger partial charge in [-0.15, -0.1) is 0 Å². The van der Waals surface area contributed by atoms with Crippen molar-refractivity contribution in [2.75, 3.05) is 18.0 Å². The summed E-state index contributed by atoms with van der Waals surface area (Å²) in [7, 11) is 0. The first kappa shape index (κ1) is 21.3. The van der Waals surface area contributed by atoms with E-state index in [-0.39, 0.29) is 11.8 Å². The van der Waals surface area contributed by atoms with Crippen LogP contribution in [-0.4, -0.2) is 29.0 Å². The van der Waals surface area contributed by atoms with Gasteiger partial charge in [0.1, 0.15) is 5.75 Å². The van der Waals surface area contributed by atoms with E-state index in [1.54, 1.807) is 12.4 Å². The van der Waals surface area contributed by atoms with Crippen LogP contribution < -0.4 is 15.0 Å². The number of nitrogens with zero attached hydrogens (tertiary/aromatic N) is 3. The van der Waals surface area contributed by atoms with Crippen LogP contribution in [0.5, 0.6) is 11.6 Å². The third-order valence-corrected chi connectivity index (χ3v) is 5.82. The van der Waals surface area contributed by atoms with Gasteiger partial charge in [-0.1, -0.05) is 45.8 Å². The van der Waals surface area contributed by atoms with Crippen LogP contribution in [0.25, 0.3) is 0 Å². The normalized spacial score (nSPS) is 16.1. The van der Waals surface area contributed by atoms with Gasteiger partial charge in [-0.3, -0.25) is 4.79 Å². The van der Waals surface area contributed by atoms with E-state index in [2.05, 4.69) is 36.1 Å². The minimum atomic E-state index is -0.102. The Morgan fingerprint density at radius 3 is 2.81 bits per heavy atom. The van der Waals surface area contributed by atoms with Crippen molar-refractivity contribution in [2.45, 2.75) is 26.3 Å². The monoisotopic (exact) mass is 480 g/mol. The Hall–Kier alpha value is -2.93. The molecule has 31 heavy (non-hydrogen) atoms. The van der Waals surface area contributed by atoms with Crippen LogP contribution in [0.1, 0.15) is 24.0 Å². The summed E-state index contributed by atoms with van der Waals surface area (Å²) in [6, 6.07) is 15.8. The molecule has 0 spiro atoms. The average Bonchev–Trinajstić information content (AvgIpc) is 2.79. The third kappa shape index (κ3) is 5.61. The number of aromatic nitrogens is 2. The van der Waals surface area contributed by atoms with Crippen LogP contribution in [0.15, 0.2) is 65.4 Å². The largest absolute Gasteiger partial charge is 0.436 e. The van der Waals surface area contributed by atoms with Crippen LogP contribution in [0, 0.1) is 12.8 Å². The molecule has 0 radical (unpaired) electrons. The minimum absolute atomic E-state index is 0.0644. The molecular formula is C24H25BrN4O2. The standard InChI is InChI=1S/C24H25BrN4O2/c1-17-7-9-21(10-8-17)31-24-22(26-11-12-27-24)29-13-3-5-19(16-29)23(30)28-15-18-4-2-6-20(25)14-18/h2,4,6-12,14,19H,3,5,13,15-16H2,1H3,(H,28,30). The fourth-order valence-corrected chi connectivity index (χ4v) is 4.14. The molecule has 0 saturated carbocycles. The molecule has 7 heteroatoms. The maximum absolute atomic E-state index is 12.8. The second kappa shape index (κ2) is 9.92. The lowest BCUT2D eigenvalue weighted by atomic mass is 9.97. The number of nitrogens with one attached hydrogen (secondary N) is 1. The maximum Gasteiger partial charge on any atom is 0.263 e. The number of halogens is 1. The summed E-state index contributed by atoms with van der Waals surface area (Å²) in [6.45, 7) is 3.96. The van der Waals surface area contributed by atoms with Crippen LogP contribution in [0.4, 0.5) is 5.82 Å². The van der Waals surface area contributed by atoms with Gasteiger partial charge in [0.25, 0.3) is 5.88 Å². The molecular weight excluding hydrogens is 456 g/mol. The van der Waals surface area contributed by atoms with E-state index < -0.39 is 0 Å². The summed E-state index contributed by atoms with van der Waals surface area (Å²) in [5.41, 5.74) is 2.23. The first-order valence-electron chi connectivity index (χ1n) is 10.4. The number of hydrogen-bond donors (Lipinski definition) is 1. The van der Waals surface area contributed by atoms with Gasteiger partial charge >= 0.3 is 0 Å². The average molecular weight is 481 g/mol. The van der Waals surface area contributed by atoms with E-state index in [4.69, 9.17) is 4.74 Å². The van der Waals surface area contributed by atoms with Gasteiger partial charge in [0.15, 0.2) is 5.82 Å². The zero-order valence-corrected chi connectivity index (χ0v) is 19.0. The molecule has 1 N–H and O–H groups in total. The summed E-state index contributed by atoms with van der Waals surface area (Å²) >= 11 is 3.47. The zero-order valence-electron chi connectivity index (χ0n) is 17.4. The highest BCUT2D eigenvalue weighted by molar-refractivity contribution is 9.10. The van der Waals surface area contributed by atoms with E-state index >= 15 is 0 Å². The molecule has 1 amide bonds. The van der Waals surface area contributed by atoms with Crippen molar-refractivity contribution in [3.8, 4) is 11.6 Å². The zero-order chi connectivity index (χ0) is 21.6. The number of carbonyl (C=O) groups excluding carboxylic acids is 1. The highest BCUT2D eigenvalue weighted by Crippen LogP contribution is 2.31. The van der Waals surface area contributed by atoms with Crippen LogP contribution in [0.3, 0.4) is 0 Å². The molecule has 0 bridgehead atoms. The van der Waals surface area contributed by atoms with Crippen LogP contribution >= 0.6 is 15.9 Å². The molecule has 0 aliphatic carbocycles. The first-order valence-corrected chi connectivity index (χ1v) is 11.2. The second-order valence-corrected chi connectivity index (χ2v) is 8.65. The molecule has 2 heterocycles. The Labute approximate surface area is 190 Å². The van der Waals surface area contributed by atoms with Crippen molar-refractivity contribution in [3.63, 3.8) is 0 Å². The van der Waals surface area contributed by atoms with Gasteiger partial charge in [0, 0.05) is 36.5 Å². The number of piperidine rings is 1. The molecule has 1 saturated heterocycles. The molecule has 160 valence electrons. The Bertz CT molecular complexity index is 1040. The van der Waals surface area contributed by atoms with Gasteiger partial charge in [-0.25, -0.2) is 9.97 Å². The van der Waals surface area contributed by atoms with Gasteiger partial charge < -0.3 is 15.0 Å². The van der Waals surface area contributed by atoms with Gasteiger partial charge in [0.05, 0.1) is 5.92 Å². The van der Waals surface area contributed by atoms with Crippen LogP contribution in [0.2, 0.25) is 0 Å². The van der Waals surface area contributed by atoms with Crippen molar-refractivity contribution < 1.29 is 9.53 Å². The number of carbonyl (C=O) groups is 1. The number of benzene rings is 2. The molecule has 1 aromatic heterocycles. The number of hydrogen-bond acceptors (Lipinski definition) is 5.